The minimum Gasteiger partial charge on any atom is -0.341 e. The summed E-state index contributed by atoms with van der Waals surface area (Å²) < 4.78 is 20.0. The summed E-state index contributed by atoms with van der Waals surface area (Å²) in [5, 5.41) is 0. The fraction of sp³-hybridized carbons (Fsp3) is 0.632. The van der Waals surface area contributed by atoms with Gasteiger partial charge in [-0.2, -0.15) is 0 Å². The highest BCUT2D eigenvalue weighted by Crippen LogP contribution is 2.44. The molecule has 2 saturated heterocycles. The summed E-state index contributed by atoms with van der Waals surface area (Å²) in [6, 6.07) is 0. The molecule has 5 rings (SSSR count). The molecule has 0 amide bonds. The van der Waals surface area contributed by atoms with Gasteiger partial charge in [0.2, 0.25) is 0 Å². The van der Waals surface area contributed by atoms with Gasteiger partial charge in [-0.3, -0.25) is 4.57 Å². The lowest BCUT2D eigenvalue weighted by Crippen LogP contribution is -2.34. The Morgan fingerprint density at radius 3 is 2.67 bits per heavy atom. The van der Waals surface area contributed by atoms with Crippen LogP contribution >= 0.6 is 0 Å². The molecule has 8 heteroatoms. The van der Waals surface area contributed by atoms with E-state index in [1.807, 2.05) is 18.4 Å². The predicted molar refractivity (Wildman–Crippen MR) is 96.2 cm³/mol. The number of rotatable bonds is 2. The molecule has 2 N–H and O–H groups in total. The molecule has 2 aromatic rings. The molecule has 0 radical (unpaired) electrons. The van der Waals surface area contributed by atoms with Crippen molar-refractivity contribution in [2.24, 2.45) is 5.73 Å². The zero-order valence-electron chi connectivity index (χ0n) is 15.5. The molecule has 4 heterocycles. The minimum absolute atomic E-state index is 0.329. The standard InChI is InChI=1S/C19H23N5O3/c1-4-11-13-14(27-18(2,3)26-13)17(25-11)24-10-23-12-15(21-9-22-16(12)24)19(20)7-5-6-8-19/h1,9-11,13-14,17H,5-8,20H2,2-3H3/t11-,13-,14-,17-/m1/s1. The van der Waals surface area contributed by atoms with Crippen LogP contribution in [0.4, 0.5) is 0 Å². The van der Waals surface area contributed by atoms with Crippen molar-refractivity contribution in [1.82, 2.24) is 19.5 Å². The number of nitrogens with zero attached hydrogens (tertiary/aromatic N) is 4. The lowest BCUT2D eigenvalue weighted by molar-refractivity contribution is -0.190. The number of nitrogens with two attached hydrogens (primary N) is 1. The molecule has 27 heavy (non-hydrogen) atoms. The van der Waals surface area contributed by atoms with Crippen molar-refractivity contribution in [3.63, 3.8) is 0 Å². The molecule has 8 nitrogen and oxygen atoms in total. The maximum Gasteiger partial charge on any atom is 0.167 e. The third kappa shape index (κ3) is 2.50. The van der Waals surface area contributed by atoms with Crippen molar-refractivity contribution in [3.8, 4) is 12.3 Å². The summed E-state index contributed by atoms with van der Waals surface area (Å²) >= 11 is 0. The second-order valence-electron chi connectivity index (χ2n) is 8.09. The fourth-order valence-corrected chi connectivity index (χ4v) is 4.58. The van der Waals surface area contributed by atoms with E-state index in [0.29, 0.717) is 11.2 Å². The van der Waals surface area contributed by atoms with Crippen LogP contribution in [0.15, 0.2) is 12.7 Å². The van der Waals surface area contributed by atoms with Crippen molar-refractivity contribution in [3.05, 3.63) is 18.3 Å². The van der Waals surface area contributed by atoms with Gasteiger partial charge in [0.15, 0.2) is 17.7 Å². The molecule has 3 fully saturated rings. The van der Waals surface area contributed by atoms with Crippen molar-refractivity contribution >= 4 is 11.2 Å². The van der Waals surface area contributed by atoms with Gasteiger partial charge in [-0.15, -0.1) is 6.42 Å². The van der Waals surface area contributed by atoms with Gasteiger partial charge in [-0.1, -0.05) is 18.8 Å². The number of terminal acetylenes is 1. The quantitative estimate of drug-likeness (QED) is 0.803. The van der Waals surface area contributed by atoms with Gasteiger partial charge in [0.25, 0.3) is 0 Å². The van der Waals surface area contributed by atoms with Crippen LogP contribution in [0, 0.1) is 12.3 Å². The summed E-state index contributed by atoms with van der Waals surface area (Å²) in [6.07, 6.45) is 11.3. The maximum atomic E-state index is 6.63. The van der Waals surface area contributed by atoms with E-state index in [-0.39, 0.29) is 12.2 Å². The van der Waals surface area contributed by atoms with Crippen LogP contribution in [0.5, 0.6) is 0 Å². The molecule has 0 spiro atoms. The Kier molecular flexibility index (Phi) is 3.62. The van der Waals surface area contributed by atoms with Crippen molar-refractivity contribution < 1.29 is 14.2 Å². The third-order valence-electron chi connectivity index (χ3n) is 5.79. The Labute approximate surface area is 157 Å². The molecule has 1 saturated carbocycles. The van der Waals surface area contributed by atoms with Crippen LogP contribution in [0.25, 0.3) is 11.2 Å². The summed E-state index contributed by atoms with van der Waals surface area (Å²) in [5.41, 5.74) is 8.37. The van der Waals surface area contributed by atoms with Crippen LogP contribution in [-0.4, -0.2) is 43.6 Å². The predicted octanol–water partition coefficient (Wildman–Crippen LogP) is 1.60. The van der Waals surface area contributed by atoms with Gasteiger partial charge in [-0.25, -0.2) is 15.0 Å². The highest BCUT2D eigenvalue weighted by atomic mass is 16.8. The third-order valence-corrected chi connectivity index (χ3v) is 5.79. The summed E-state index contributed by atoms with van der Waals surface area (Å²) in [7, 11) is 0. The summed E-state index contributed by atoms with van der Waals surface area (Å²) in [4.78, 5) is 13.5. The van der Waals surface area contributed by atoms with E-state index >= 15 is 0 Å². The van der Waals surface area contributed by atoms with E-state index in [1.165, 1.54) is 0 Å². The molecule has 2 aliphatic heterocycles. The van der Waals surface area contributed by atoms with Crippen molar-refractivity contribution in [1.29, 1.82) is 0 Å². The Morgan fingerprint density at radius 2 is 1.93 bits per heavy atom. The number of hydrogen-bond acceptors (Lipinski definition) is 7. The van der Waals surface area contributed by atoms with Crippen LogP contribution in [-0.2, 0) is 19.7 Å². The van der Waals surface area contributed by atoms with Gasteiger partial charge in [0.05, 0.1) is 17.6 Å². The fourth-order valence-electron chi connectivity index (χ4n) is 4.58. The SMILES string of the molecule is C#C[C@H]1O[C@@H](n2cnc3c(C4(N)CCCC4)ncnc32)[C@@H]2OC(C)(C)O[C@@H]21. The summed E-state index contributed by atoms with van der Waals surface area (Å²) in [5.74, 6) is 1.95. The van der Waals surface area contributed by atoms with E-state index in [2.05, 4.69) is 20.9 Å². The van der Waals surface area contributed by atoms with Gasteiger partial charge >= 0.3 is 0 Å². The Hall–Kier alpha value is -2.05. The molecule has 2 aromatic heterocycles. The first kappa shape index (κ1) is 17.1. The first-order valence-electron chi connectivity index (χ1n) is 9.36. The zero-order valence-corrected chi connectivity index (χ0v) is 15.5. The highest BCUT2D eigenvalue weighted by molar-refractivity contribution is 5.74. The molecule has 3 aliphatic rings. The van der Waals surface area contributed by atoms with Crippen LogP contribution in [0.1, 0.15) is 51.5 Å². The maximum absolute atomic E-state index is 6.63. The van der Waals surface area contributed by atoms with Crippen LogP contribution in [0.2, 0.25) is 0 Å². The lowest BCUT2D eigenvalue weighted by Gasteiger charge is -2.24. The van der Waals surface area contributed by atoms with E-state index in [9.17, 15) is 0 Å². The smallest absolute Gasteiger partial charge is 0.167 e. The minimum atomic E-state index is -0.714. The first-order valence-corrected chi connectivity index (χ1v) is 9.36. The molecular weight excluding hydrogens is 346 g/mol. The number of hydrogen-bond donors (Lipinski definition) is 1. The lowest BCUT2D eigenvalue weighted by atomic mass is 9.94. The number of aromatic nitrogens is 4. The van der Waals surface area contributed by atoms with Crippen LogP contribution < -0.4 is 5.73 Å². The molecule has 0 unspecified atom stereocenters. The van der Waals surface area contributed by atoms with E-state index in [4.69, 9.17) is 26.4 Å². The second kappa shape index (κ2) is 5.72. The van der Waals surface area contributed by atoms with Crippen LogP contribution in [0.3, 0.4) is 0 Å². The van der Waals surface area contributed by atoms with Gasteiger partial charge in [0.1, 0.15) is 30.2 Å². The van der Waals surface area contributed by atoms with Gasteiger partial charge in [0, 0.05) is 0 Å². The first-order chi connectivity index (χ1) is 12.9. The van der Waals surface area contributed by atoms with E-state index in [0.717, 1.165) is 31.4 Å². The molecule has 142 valence electrons. The van der Waals surface area contributed by atoms with Gasteiger partial charge < -0.3 is 19.9 Å². The average Bonchev–Trinajstić information content (AvgIpc) is 3.37. The summed E-state index contributed by atoms with van der Waals surface area (Å²) in [6.45, 7) is 3.75. The molecule has 0 aromatic carbocycles. The zero-order chi connectivity index (χ0) is 18.8. The number of ether oxygens (including phenoxy) is 3. The number of fused-ring (bicyclic) bond motifs is 2. The Morgan fingerprint density at radius 1 is 1.19 bits per heavy atom. The van der Waals surface area contributed by atoms with Gasteiger partial charge in [-0.05, 0) is 26.7 Å². The van der Waals surface area contributed by atoms with Crippen molar-refractivity contribution in [2.75, 3.05) is 0 Å². The molecule has 0 bridgehead atoms. The number of imidazole rings is 1. The normalized spacial score (nSPS) is 34.0. The Bertz CT molecular complexity index is 927. The van der Waals surface area contributed by atoms with Crippen molar-refractivity contribution in [2.45, 2.75) is 75.4 Å². The average molecular weight is 369 g/mol. The molecule has 1 aliphatic carbocycles. The molecular formula is C19H23N5O3. The molecule has 4 atom stereocenters. The van der Waals surface area contributed by atoms with E-state index in [1.54, 1.807) is 12.7 Å². The van der Waals surface area contributed by atoms with E-state index < -0.39 is 23.7 Å². The monoisotopic (exact) mass is 369 g/mol. The second-order valence-corrected chi connectivity index (χ2v) is 8.09. The Balaban J connectivity index is 1.58. The topological polar surface area (TPSA) is 97.3 Å². The highest BCUT2D eigenvalue weighted by Gasteiger charge is 2.56. The largest absolute Gasteiger partial charge is 0.341 e.